The highest BCUT2D eigenvalue weighted by Gasteiger charge is 2.50. The Morgan fingerprint density at radius 3 is 2.57 bits per heavy atom. The molecule has 6 nitrogen and oxygen atoms in total. The van der Waals surface area contributed by atoms with E-state index in [1.807, 2.05) is 26.0 Å². The van der Waals surface area contributed by atoms with Crippen molar-refractivity contribution in [2.24, 2.45) is 0 Å². The molecule has 1 aliphatic heterocycles. The predicted octanol–water partition coefficient (Wildman–Crippen LogP) is 4.13. The molecule has 8 heteroatoms. The Labute approximate surface area is 176 Å². The van der Waals surface area contributed by atoms with Crippen molar-refractivity contribution in [3.63, 3.8) is 0 Å². The Hall–Kier alpha value is -2.38. The van der Waals surface area contributed by atoms with Gasteiger partial charge in [0.2, 0.25) is 5.91 Å². The van der Waals surface area contributed by atoms with Gasteiger partial charge < -0.3 is 10.6 Å². The third-order valence-electron chi connectivity index (χ3n) is 4.69. The summed E-state index contributed by atoms with van der Waals surface area (Å²) in [6, 6.07) is 10.1. The van der Waals surface area contributed by atoms with E-state index in [1.54, 1.807) is 31.2 Å². The molecule has 0 bridgehead atoms. The summed E-state index contributed by atoms with van der Waals surface area (Å²) in [5.41, 5.74) is 1.61. The van der Waals surface area contributed by atoms with Gasteiger partial charge in [0, 0.05) is 10.0 Å². The highest BCUT2D eigenvalue weighted by atomic mass is 79.9. The number of carbonyl (C=O) groups excluding carboxylic acids is 3. The fourth-order valence-corrected chi connectivity index (χ4v) is 4.34. The number of hydrogen-bond acceptors (Lipinski definition) is 3. The van der Waals surface area contributed by atoms with Crippen LogP contribution in [0.1, 0.15) is 23.6 Å². The molecule has 2 aromatic rings. The Morgan fingerprint density at radius 1 is 1.25 bits per heavy atom. The minimum atomic E-state index is -1.26. The summed E-state index contributed by atoms with van der Waals surface area (Å²) in [4.78, 5) is 38.8. The van der Waals surface area contributed by atoms with Crippen molar-refractivity contribution in [3.05, 3.63) is 62.6 Å². The summed E-state index contributed by atoms with van der Waals surface area (Å²) in [6.45, 7) is 4.94. The van der Waals surface area contributed by atoms with Crippen LogP contribution in [-0.4, -0.2) is 29.3 Å². The number of amides is 4. The molecule has 1 heterocycles. The van der Waals surface area contributed by atoms with Crippen molar-refractivity contribution >= 4 is 51.1 Å². The number of rotatable bonds is 4. The van der Waals surface area contributed by atoms with Crippen LogP contribution in [0.5, 0.6) is 0 Å². The summed E-state index contributed by atoms with van der Waals surface area (Å²) in [7, 11) is 0. The molecule has 0 aliphatic carbocycles. The van der Waals surface area contributed by atoms with Crippen LogP contribution in [0, 0.1) is 13.8 Å². The van der Waals surface area contributed by atoms with Crippen molar-refractivity contribution in [2.45, 2.75) is 26.3 Å². The van der Waals surface area contributed by atoms with Crippen LogP contribution in [0.3, 0.4) is 0 Å². The van der Waals surface area contributed by atoms with Gasteiger partial charge in [-0.2, -0.15) is 0 Å². The molecule has 1 saturated heterocycles. The van der Waals surface area contributed by atoms with Crippen LogP contribution in [0.15, 0.2) is 40.9 Å². The van der Waals surface area contributed by atoms with E-state index >= 15 is 0 Å². The first kappa shape index (κ1) is 20.4. The Bertz CT molecular complexity index is 971. The molecular formula is C20H19BrClN3O3. The lowest BCUT2D eigenvalue weighted by Gasteiger charge is -2.23. The molecule has 1 fully saturated rings. The maximum atomic E-state index is 13.0. The molecule has 2 N–H and O–H groups in total. The van der Waals surface area contributed by atoms with E-state index in [0.29, 0.717) is 20.7 Å². The van der Waals surface area contributed by atoms with Crippen molar-refractivity contribution in [1.29, 1.82) is 0 Å². The molecule has 2 aromatic carbocycles. The van der Waals surface area contributed by atoms with Crippen LogP contribution in [0.25, 0.3) is 0 Å². The van der Waals surface area contributed by atoms with E-state index in [4.69, 9.17) is 11.6 Å². The number of nitrogens with one attached hydrogen (secondary N) is 2. The van der Waals surface area contributed by atoms with Crippen molar-refractivity contribution in [2.75, 3.05) is 11.9 Å². The monoisotopic (exact) mass is 463 g/mol. The fourth-order valence-electron chi connectivity index (χ4n) is 3.29. The van der Waals surface area contributed by atoms with Gasteiger partial charge in [-0.3, -0.25) is 14.5 Å². The lowest BCUT2D eigenvalue weighted by atomic mass is 9.92. The SMILES string of the molecule is Cc1cc(C)c(NC(=O)CN2C(=O)N[C@@](C)(c3ccccc3Br)C2=O)c(Cl)c1. The van der Waals surface area contributed by atoms with Gasteiger partial charge in [-0.1, -0.05) is 51.8 Å². The number of nitrogens with zero attached hydrogens (tertiary/aromatic N) is 1. The van der Waals surface area contributed by atoms with Gasteiger partial charge in [0.25, 0.3) is 5.91 Å². The van der Waals surface area contributed by atoms with Crippen LogP contribution in [-0.2, 0) is 15.1 Å². The number of benzene rings is 2. The average Bonchev–Trinajstić information content (AvgIpc) is 2.82. The second-order valence-corrected chi connectivity index (χ2v) is 8.17. The number of anilines is 1. The third kappa shape index (κ3) is 3.64. The van der Waals surface area contributed by atoms with E-state index in [1.165, 1.54) is 0 Å². The van der Waals surface area contributed by atoms with Gasteiger partial charge in [0.1, 0.15) is 12.1 Å². The first-order valence-electron chi connectivity index (χ1n) is 8.59. The molecule has 0 spiro atoms. The van der Waals surface area contributed by atoms with Crippen LogP contribution in [0.4, 0.5) is 10.5 Å². The van der Waals surface area contributed by atoms with E-state index in [-0.39, 0.29) is 0 Å². The zero-order valence-corrected chi connectivity index (χ0v) is 17.9. The molecule has 3 rings (SSSR count). The molecule has 0 aromatic heterocycles. The minimum absolute atomic E-state index is 0.404. The Kier molecular flexibility index (Phi) is 5.50. The summed E-state index contributed by atoms with van der Waals surface area (Å²) in [6.07, 6.45) is 0. The summed E-state index contributed by atoms with van der Waals surface area (Å²) in [5, 5.41) is 5.79. The van der Waals surface area contributed by atoms with Crippen molar-refractivity contribution in [3.8, 4) is 0 Å². The van der Waals surface area contributed by atoms with E-state index in [9.17, 15) is 14.4 Å². The Balaban J connectivity index is 1.80. The Morgan fingerprint density at radius 2 is 1.93 bits per heavy atom. The predicted molar refractivity (Wildman–Crippen MR) is 111 cm³/mol. The lowest BCUT2D eigenvalue weighted by Crippen LogP contribution is -2.42. The highest BCUT2D eigenvalue weighted by Crippen LogP contribution is 2.33. The van der Waals surface area contributed by atoms with Gasteiger partial charge in [0.05, 0.1) is 10.7 Å². The second kappa shape index (κ2) is 7.56. The summed E-state index contributed by atoms with van der Waals surface area (Å²) in [5.74, 6) is -1.000. The molecule has 28 heavy (non-hydrogen) atoms. The number of hydrogen-bond donors (Lipinski definition) is 2. The summed E-state index contributed by atoms with van der Waals surface area (Å²) >= 11 is 9.63. The van der Waals surface area contributed by atoms with Gasteiger partial charge >= 0.3 is 6.03 Å². The second-order valence-electron chi connectivity index (χ2n) is 6.91. The number of urea groups is 1. The lowest BCUT2D eigenvalue weighted by molar-refractivity contribution is -0.133. The molecule has 0 unspecified atom stereocenters. The first-order valence-corrected chi connectivity index (χ1v) is 9.76. The van der Waals surface area contributed by atoms with E-state index in [0.717, 1.165) is 16.0 Å². The zero-order chi connectivity index (χ0) is 20.6. The van der Waals surface area contributed by atoms with Crippen LogP contribution in [0.2, 0.25) is 5.02 Å². The standard InChI is InChI=1S/C20H19BrClN3O3/c1-11-8-12(2)17(15(22)9-11)23-16(26)10-25-18(27)20(3,24-19(25)28)13-6-4-5-7-14(13)21/h4-9H,10H2,1-3H3,(H,23,26)(H,24,28)/t20-/m0/s1. The maximum Gasteiger partial charge on any atom is 0.325 e. The van der Waals surface area contributed by atoms with Gasteiger partial charge in [-0.15, -0.1) is 0 Å². The fraction of sp³-hybridized carbons (Fsp3) is 0.250. The number of carbonyl (C=O) groups is 3. The number of aryl methyl sites for hydroxylation is 2. The largest absolute Gasteiger partial charge is 0.325 e. The van der Waals surface area contributed by atoms with E-state index < -0.39 is 29.9 Å². The third-order valence-corrected chi connectivity index (χ3v) is 5.67. The minimum Gasteiger partial charge on any atom is -0.323 e. The highest BCUT2D eigenvalue weighted by molar-refractivity contribution is 9.10. The van der Waals surface area contributed by atoms with Crippen molar-refractivity contribution in [1.82, 2.24) is 10.2 Å². The topological polar surface area (TPSA) is 78.5 Å². The molecule has 1 aliphatic rings. The molecule has 146 valence electrons. The first-order chi connectivity index (χ1) is 13.1. The molecule has 1 atom stereocenters. The zero-order valence-electron chi connectivity index (χ0n) is 15.6. The quantitative estimate of drug-likeness (QED) is 0.668. The molecule has 0 radical (unpaired) electrons. The molecule has 0 saturated carbocycles. The van der Waals surface area contributed by atoms with Gasteiger partial charge in [-0.25, -0.2) is 4.79 Å². The maximum absolute atomic E-state index is 13.0. The smallest absolute Gasteiger partial charge is 0.323 e. The number of imide groups is 1. The van der Waals surface area contributed by atoms with E-state index in [2.05, 4.69) is 26.6 Å². The van der Waals surface area contributed by atoms with Crippen LogP contribution < -0.4 is 10.6 Å². The molecular weight excluding hydrogens is 446 g/mol. The summed E-state index contributed by atoms with van der Waals surface area (Å²) < 4.78 is 0.694. The molecule has 4 amide bonds. The van der Waals surface area contributed by atoms with Gasteiger partial charge in [-0.05, 0) is 44.0 Å². The normalized spacial score (nSPS) is 19.0. The van der Waals surface area contributed by atoms with Crippen LogP contribution >= 0.6 is 27.5 Å². The van der Waals surface area contributed by atoms with Gasteiger partial charge in [0.15, 0.2) is 0 Å². The average molecular weight is 465 g/mol. The number of halogens is 2. The van der Waals surface area contributed by atoms with Crippen molar-refractivity contribution < 1.29 is 14.4 Å².